The molecule has 0 radical (unpaired) electrons. The smallest absolute Gasteiger partial charge is 0.253 e. The van der Waals surface area contributed by atoms with E-state index in [9.17, 15) is 4.79 Å². The highest BCUT2D eigenvalue weighted by atomic mass is 16.2. The minimum atomic E-state index is 0.190. The number of imidazole rings is 1. The van der Waals surface area contributed by atoms with Crippen LogP contribution in [-0.2, 0) is 13.1 Å². The van der Waals surface area contributed by atoms with Gasteiger partial charge < -0.3 is 9.47 Å². The molecule has 5 nitrogen and oxygen atoms in total. The van der Waals surface area contributed by atoms with Crippen LogP contribution in [0.2, 0.25) is 0 Å². The average Bonchev–Trinajstić information content (AvgIpc) is 3.18. The van der Waals surface area contributed by atoms with Crippen LogP contribution in [-0.4, -0.2) is 51.4 Å². The van der Waals surface area contributed by atoms with Gasteiger partial charge in [-0.3, -0.25) is 9.69 Å². The highest BCUT2D eigenvalue weighted by Gasteiger charge is 2.38. The van der Waals surface area contributed by atoms with Crippen LogP contribution in [0.1, 0.15) is 55.2 Å². The van der Waals surface area contributed by atoms with Crippen molar-refractivity contribution < 1.29 is 4.79 Å². The first-order valence-corrected chi connectivity index (χ1v) is 10.8. The SMILES string of the molecule is CCCn1ccnc1CN1CCC2(CC1)CCN(C(=O)c1ccccc1)CC2. The van der Waals surface area contributed by atoms with Gasteiger partial charge in [-0.15, -0.1) is 0 Å². The van der Waals surface area contributed by atoms with Gasteiger partial charge in [-0.05, 0) is 62.7 Å². The predicted molar refractivity (Wildman–Crippen MR) is 111 cm³/mol. The zero-order valence-electron chi connectivity index (χ0n) is 17.0. The molecule has 2 aliphatic rings. The largest absolute Gasteiger partial charge is 0.339 e. The molecule has 3 heterocycles. The van der Waals surface area contributed by atoms with Crippen LogP contribution in [0.4, 0.5) is 0 Å². The Bertz CT molecular complexity index is 767. The van der Waals surface area contributed by atoms with E-state index in [1.54, 1.807) is 0 Å². The van der Waals surface area contributed by atoms with Crippen LogP contribution in [0.5, 0.6) is 0 Å². The highest BCUT2D eigenvalue weighted by Crippen LogP contribution is 2.41. The number of nitrogens with zero attached hydrogens (tertiary/aromatic N) is 4. The number of aryl methyl sites for hydroxylation is 1. The summed E-state index contributed by atoms with van der Waals surface area (Å²) in [6.45, 7) is 8.31. The van der Waals surface area contributed by atoms with Crippen LogP contribution in [0.3, 0.4) is 0 Å². The third-order valence-electron chi connectivity index (χ3n) is 6.68. The van der Waals surface area contributed by atoms with Gasteiger partial charge in [0.1, 0.15) is 5.82 Å². The summed E-state index contributed by atoms with van der Waals surface area (Å²) in [5.41, 5.74) is 1.25. The standard InChI is InChI=1S/C23H32N4O/c1-2-13-26-18-12-24-21(26)19-25-14-8-23(9-15-25)10-16-27(17-11-23)22(28)20-6-4-3-5-7-20/h3-7,12,18H,2,8-11,13-17,19H2,1H3. The van der Waals surface area contributed by atoms with E-state index in [0.29, 0.717) is 5.41 Å². The fraction of sp³-hybridized carbons (Fsp3) is 0.565. The number of piperidine rings is 2. The van der Waals surface area contributed by atoms with Gasteiger partial charge in [-0.1, -0.05) is 25.1 Å². The first kappa shape index (κ1) is 19.2. The molecule has 1 aromatic heterocycles. The maximum Gasteiger partial charge on any atom is 0.253 e. The van der Waals surface area contributed by atoms with Crippen LogP contribution in [0.25, 0.3) is 0 Å². The molecule has 2 aliphatic heterocycles. The van der Waals surface area contributed by atoms with Crippen molar-refractivity contribution in [2.75, 3.05) is 26.2 Å². The van der Waals surface area contributed by atoms with E-state index < -0.39 is 0 Å². The molecule has 0 saturated carbocycles. The van der Waals surface area contributed by atoms with Crippen molar-refractivity contribution in [1.82, 2.24) is 19.4 Å². The normalized spacial score (nSPS) is 19.8. The first-order valence-electron chi connectivity index (χ1n) is 10.8. The monoisotopic (exact) mass is 380 g/mol. The lowest BCUT2D eigenvalue weighted by molar-refractivity contribution is 0.0277. The molecule has 0 N–H and O–H groups in total. The number of carbonyl (C=O) groups is 1. The quantitative estimate of drug-likeness (QED) is 0.792. The maximum absolute atomic E-state index is 12.7. The summed E-state index contributed by atoms with van der Waals surface area (Å²) in [5.74, 6) is 1.39. The van der Waals surface area contributed by atoms with Gasteiger partial charge in [0, 0.05) is 37.6 Å². The predicted octanol–water partition coefficient (Wildman–Crippen LogP) is 3.81. The van der Waals surface area contributed by atoms with Crippen molar-refractivity contribution in [3.05, 3.63) is 54.1 Å². The lowest BCUT2D eigenvalue weighted by Gasteiger charge is -2.46. The first-order chi connectivity index (χ1) is 13.7. The van der Waals surface area contributed by atoms with Gasteiger partial charge in [-0.2, -0.15) is 0 Å². The van der Waals surface area contributed by atoms with Crippen molar-refractivity contribution in [2.45, 2.75) is 52.1 Å². The van der Waals surface area contributed by atoms with E-state index in [1.807, 2.05) is 36.5 Å². The number of rotatable bonds is 5. The molecule has 0 unspecified atom stereocenters. The van der Waals surface area contributed by atoms with Gasteiger partial charge in [0.2, 0.25) is 0 Å². The average molecular weight is 381 g/mol. The second kappa shape index (κ2) is 8.48. The molecule has 0 aliphatic carbocycles. The number of amides is 1. The van der Waals surface area contributed by atoms with Crippen LogP contribution in [0.15, 0.2) is 42.7 Å². The molecule has 0 bridgehead atoms. The Morgan fingerprint density at radius 2 is 1.71 bits per heavy atom. The molecule has 1 amide bonds. The topological polar surface area (TPSA) is 41.4 Å². The van der Waals surface area contributed by atoms with E-state index >= 15 is 0 Å². The fourth-order valence-corrected chi connectivity index (χ4v) is 4.77. The Kier molecular flexibility index (Phi) is 5.81. The van der Waals surface area contributed by atoms with E-state index in [-0.39, 0.29) is 5.91 Å². The molecule has 150 valence electrons. The molecule has 5 heteroatoms. The Morgan fingerprint density at radius 1 is 1.04 bits per heavy atom. The Hall–Kier alpha value is -2.14. The molecule has 28 heavy (non-hydrogen) atoms. The van der Waals surface area contributed by atoms with E-state index in [1.165, 1.54) is 18.7 Å². The molecule has 4 rings (SSSR count). The Morgan fingerprint density at radius 3 is 2.39 bits per heavy atom. The molecule has 0 atom stereocenters. The van der Waals surface area contributed by atoms with E-state index in [2.05, 4.69) is 32.5 Å². The highest BCUT2D eigenvalue weighted by molar-refractivity contribution is 5.94. The van der Waals surface area contributed by atoms with Gasteiger partial charge in [-0.25, -0.2) is 4.98 Å². The molecule has 2 fully saturated rings. The van der Waals surface area contributed by atoms with Crippen LogP contribution in [0, 0.1) is 5.41 Å². The summed E-state index contributed by atoms with van der Waals surface area (Å²) in [7, 11) is 0. The third-order valence-corrected chi connectivity index (χ3v) is 6.68. The number of hydrogen-bond acceptors (Lipinski definition) is 3. The summed E-state index contributed by atoms with van der Waals surface area (Å²) in [6, 6.07) is 9.70. The number of hydrogen-bond donors (Lipinski definition) is 0. The summed E-state index contributed by atoms with van der Waals surface area (Å²) >= 11 is 0. The number of aromatic nitrogens is 2. The second-order valence-electron chi connectivity index (χ2n) is 8.47. The van der Waals surface area contributed by atoms with Gasteiger partial charge in [0.05, 0.1) is 6.54 Å². The lowest BCUT2D eigenvalue weighted by atomic mass is 9.71. The zero-order chi connectivity index (χ0) is 19.4. The summed E-state index contributed by atoms with van der Waals surface area (Å²) in [5, 5.41) is 0. The van der Waals surface area contributed by atoms with Gasteiger partial charge in [0.25, 0.3) is 5.91 Å². The molecule has 2 saturated heterocycles. The summed E-state index contributed by atoms with van der Waals surface area (Å²) in [6.07, 6.45) is 9.95. The van der Waals surface area contributed by atoms with Crippen LogP contribution >= 0.6 is 0 Å². The Balaban J connectivity index is 1.28. The lowest BCUT2D eigenvalue weighted by Crippen LogP contribution is -2.48. The number of likely N-dealkylation sites (tertiary alicyclic amines) is 2. The summed E-state index contributed by atoms with van der Waals surface area (Å²) < 4.78 is 2.29. The third kappa shape index (κ3) is 4.14. The van der Waals surface area contributed by atoms with E-state index in [4.69, 9.17) is 0 Å². The second-order valence-corrected chi connectivity index (χ2v) is 8.47. The Labute approximate surface area is 168 Å². The minimum absolute atomic E-state index is 0.190. The number of carbonyl (C=O) groups excluding carboxylic acids is 1. The van der Waals surface area contributed by atoms with Gasteiger partial charge in [0.15, 0.2) is 0 Å². The van der Waals surface area contributed by atoms with Crippen LogP contribution < -0.4 is 0 Å². The fourth-order valence-electron chi connectivity index (χ4n) is 4.77. The van der Waals surface area contributed by atoms with Crippen molar-refractivity contribution in [3.63, 3.8) is 0 Å². The molecule has 1 spiro atoms. The zero-order valence-corrected chi connectivity index (χ0v) is 17.0. The minimum Gasteiger partial charge on any atom is -0.339 e. The van der Waals surface area contributed by atoms with Crippen molar-refractivity contribution in [1.29, 1.82) is 0 Å². The number of benzene rings is 1. The molecule has 2 aromatic rings. The maximum atomic E-state index is 12.7. The van der Waals surface area contributed by atoms with Crippen molar-refractivity contribution in [3.8, 4) is 0 Å². The molecular formula is C23H32N4O. The summed E-state index contributed by atoms with van der Waals surface area (Å²) in [4.78, 5) is 21.9. The molecular weight excluding hydrogens is 348 g/mol. The van der Waals surface area contributed by atoms with Gasteiger partial charge >= 0.3 is 0 Å². The van der Waals surface area contributed by atoms with E-state index in [0.717, 1.165) is 64.1 Å². The van der Waals surface area contributed by atoms with Crippen molar-refractivity contribution in [2.24, 2.45) is 5.41 Å². The van der Waals surface area contributed by atoms with Crippen molar-refractivity contribution >= 4 is 5.91 Å². The molecule has 1 aromatic carbocycles.